The highest BCUT2D eigenvalue weighted by Gasteiger charge is 2.28. The van der Waals surface area contributed by atoms with Crippen LogP contribution in [0, 0.1) is 0 Å². The van der Waals surface area contributed by atoms with Gasteiger partial charge in [-0.05, 0) is 32.9 Å². The molecule has 1 aromatic heterocycles. The zero-order valence-electron chi connectivity index (χ0n) is 11.3. The molecule has 17 heavy (non-hydrogen) atoms. The fraction of sp³-hybridized carbons (Fsp3) is 0.769. The Kier molecular flexibility index (Phi) is 3.43. The first-order chi connectivity index (χ1) is 7.95. The van der Waals surface area contributed by atoms with Crippen molar-refractivity contribution in [2.75, 3.05) is 17.2 Å². The zero-order chi connectivity index (χ0) is 12.6. The Labute approximate surface area is 108 Å². The maximum absolute atomic E-state index is 6.34. The number of anilines is 1. The molecule has 0 aliphatic carbocycles. The summed E-state index contributed by atoms with van der Waals surface area (Å²) in [7, 11) is 0. The molecule has 96 valence electrons. The van der Waals surface area contributed by atoms with E-state index in [1.54, 1.807) is 0 Å². The van der Waals surface area contributed by atoms with Crippen LogP contribution in [0.2, 0.25) is 0 Å². The largest absolute Gasteiger partial charge is 0.384 e. The van der Waals surface area contributed by atoms with Gasteiger partial charge >= 0.3 is 0 Å². The summed E-state index contributed by atoms with van der Waals surface area (Å²) in [6, 6.07) is 0. The summed E-state index contributed by atoms with van der Waals surface area (Å²) in [5.74, 6) is 5.00. The van der Waals surface area contributed by atoms with Crippen LogP contribution in [0.5, 0.6) is 0 Å². The summed E-state index contributed by atoms with van der Waals surface area (Å²) < 4.78 is 2.21. The monoisotopic (exact) mass is 253 g/mol. The number of hydrogen-bond acceptors (Lipinski definition) is 3. The van der Waals surface area contributed by atoms with E-state index in [2.05, 4.69) is 32.3 Å². The number of nitrogen functional groups attached to an aromatic ring is 1. The molecule has 0 aromatic carbocycles. The van der Waals surface area contributed by atoms with Crippen LogP contribution in [0.4, 0.5) is 5.82 Å². The highest BCUT2D eigenvalue weighted by molar-refractivity contribution is 7.99. The lowest BCUT2D eigenvalue weighted by molar-refractivity contribution is 0.389. The van der Waals surface area contributed by atoms with E-state index in [0.717, 1.165) is 23.8 Å². The van der Waals surface area contributed by atoms with Crippen LogP contribution in [0.15, 0.2) is 0 Å². The molecule has 1 saturated heterocycles. The van der Waals surface area contributed by atoms with Crippen LogP contribution >= 0.6 is 11.8 Å². The number of nitrogens with two attached hydrogens (primary N) is 1. The van der Waals surface area contributed by atoms with Gasteiger partial charge in [-0.3, -0.25) is 0 Å². The molecule has 1 atom stereocenters. The molecule has 0 saturated carbocycles. The molecule has 1 aliphatic rings. The minimum atomic E-state index is 0.0203. The lowest BCUT2D eigenvalue weighted by Gasteiger charge is -2.25. The molecule has 1 aromatic rings. The maximum atomic E-state index is 6.34. The van der Waals surface area contributed by atoms with Crippen molar-refractivity contribution in [2.24, 2.45) is 0 Å². The van der Waals surface area contributed by atoms with Crippen molar-refractivity contribution in [3.05, 3.63) is 11.5 Å². The Morgan fingerprint density at radius 3 is 2.59 bits per heavy atom. The third kappa shape index (κ3) is 2.32. The third-order valence-electron chi connectivity index (χ3n) is 3.31. The number of aromatic nitrogens is 2. The molecular weight excluding hydrogens is 230 g/mol. The van der Waals surface area contributed by atoms with Gasteiger partial charge in [0.2, 0.25) is 0 Å². The van der Waals surface area contributed by atoms with Gasteiger partial charge in [-0.15, -0.1) is 0 Å². The average molecular weight is 253 g/mol. The van der Waals surface area contributed by atoms with Gasteiger partial charge in [-0.1, -0.05) is 6.92 Å². The SMILES string of the molecule is CCc1nc(C2CCSC2)c(N)n1C(C)(C)C. The highest BCUT2D eigenvalue weighted by atomic mass is 32.2. The minimum absolute atomic E-state index is 0.0203. The Hall–Kier alpha value is -0.640. The van der Waals surface area contributed by atoms with Gasteiger partial charge in [0.05, 0.1) is 5.69 Å². The van der Waals surface area contributed by atoms with E-state index >= 15 is 0 Å². The average Bonchev–Trinajstić information content (AvgIpc) is 2.82. The first-order valence-electron chi connectivity index (χ1n) is 6.40. The lowest BCUT2D eigenvalue weighted by atomic mass is 10.0. The summed E-state index contributed by atoms with van der Waals surface area (Å²) in [6.45, 7) is 8.73. The van der Waals surface area contributed by atoms with E-state index < -0.39 is 0 Å². The van der Waals surface area contributed by atoms with Crippen molar-refractivity contribution in [2.45, 2.75) is 52.0 Å². The highest BCUT2D eigenvalue weighted by Crippen LogP contribution is 2.37. The van der Waals surface area contributed by atoms with E-state index in [9.17, 15) is 0 Å². The molecule has 2 heterocycles. The number of hydrogen-bond donors (Lipinski definition) is 1. The second kappa shape index (κ2) is 4.56. The van der Waals surface area contributed by atoms with Gasteiger partial charge in [-0.2, -0.15) is 11.8 Å². The zero-order valence-corrected chi connectivity index (χ0v) is 12.1. The second-order valence-electron chi connectivity index (χ2n) is 5.72. The van der Waals surface area contributed by atoms with E-state index in [4.69, 9.17) is 10.7 Å². The van der Waals surface area contributed by atoms with Crippen LogP contribution in [0.25, 0.3) is 0 Å². The normalized spacial score (nSPS) is 21.1. The molecule has 2 N–H and O–H groups in total. The van der Waals surface area contributed by atoms with E-state index in [0.29, 0.717) is 5.92 Å². The van der Waals surface area contributed by atoms with Gasteiger partial charge < -0.3 is 10.3 Å². The first-order valence-corrected chi connectivity index (χ1v) is 7.55. The molecule has 0 spiro atoms. The van der Waals surface area contributed by atoms with Crippen molar-refractivity contribution in [1.29, 1.82) is 0 Å². The Bertz CT molecular complexity index is 398. The summed E-state index contributed by atoms with van der Waals surface area (Å²) in [5.41, 5.74) is 7.50. The van der Waals surface area contributed by atoms with Crippen molar-refractivity contribution < 1.29 is 0 Å². The molecular formula is C13H23N3S. The number of rotatable bonds is 2. The Morgan fingerprint density at radius 1 is 1.47 bits per heavy atom. The predicted octanol–water partition coefficient (Wildman–Crippen LogP) is 3.00. The molecule has 3 nitrogen and oxygen atoms in total. The second-order valence-corrected chi connectivity index (χ2v) is 6.87. The van der Waals surface area contributed by atoms with Crippen molar-refractivity contribution in [1.82, 2.24) is 9.55 Å². The van der Waals surface area contributed by atoms with Crippen LogP contribution in [-0.2, 0) is 12.0 Å². The fourth-order valence-electron chi connectivity index (χ4n) is 2.54. The summed E-state index contributed by atoms with van der Waals surface area (Å²) in [5, 5.41) is 0. The number of aryl methyl sites for hydroxylation is 1. The molecule has 2 rings (SSSR count). The molecule has 0 radical (unpaired) electrons. The molecule has 4 heteroatoms. The number of nitrogens with zero attached hydrogens (tertiary/aromatic N) is 2. The first kappa shape index (κ1) is 12.8. The molecule has 1 aliphatic heterocycles. The van der Waals surface area contributed by atoms with Crippen molar-refractivity contribution in [3.63, 3.8) is 0 Å². The summed E-state index contributed by atoms with van der Waals surface area (Å²) in [4.78, 5) is 4.80. The van der Waals surface area contributed by atoms with Crippen LogP contribution in [0.1, 0.15) is 51.6 Å². The number of imidazole rings is 1. The molecule has 0 amide bonds. The van der Waals surface area contributed by atoms with Crippen molar-refractivity contribution >= 4 is 17.6 Å². The van der Waals surface area contributed by atoms with Gasteiger partial charge in [0.15, 0.2) is 0 Å². The Balaban J connectivity index is 2.45. The molecule has 1 unspecified atom stereocenters. The van der Waals surface area contributed by atoms with E-state index in [1.807, 2.05) is 11.8 Å². The van der Waals surface area contributed by atoms with Crippen molar-refractivity contribution in [3.8, 4) is 0 Å². The van der Waals surface area contributed by atoms with Crippen LogP contribution < -0.4 is 5.73 Å². The van der Waals surface area contributed by atoms with Gasteiger partial charge in [0, 0.05) is 23.6 Å². The maximum Gasteiger partial charge on any atom is 0.127 e. The molecule has 0 bridgehead atoms. The lowest BCUT2D eigenvalue weighted by Crippen LogP contribution is -2.25. The van der Waals surface area contributed by atoms with Gasteiger partial charge in [0.1, 0.15) is 11.6 Å². The third-order valence-corrected chi connectivity index (χ3v) is 4.48. The molecule has 1 fully saturated rings. The van der Waals surface area contributed by atoms with E-state index in [1.165, 1.54) is 17.9 Å². The fourth-order valence-corrected chi connectivity index (χ4v) is 3.76. The van der Waals surface area contributed by atoms with E-state index in [-0.39, 0.29) is 5.54 Å². The quantitative estimate of drug-likeness (QED) is 0.881. The standard InChI is InChI=1S/C13H23N3S/c1-5-10-15-11(9-6-7-17-8-9)12(14)16(10)13(2,3)4/h9H,5-8,14H2,1-4H3. The van der Waals surface area contributed by atoms with Gasteiger partial charge in [-0.25, -0.2) is 4.98 Å². The topological polar surface area (TPSA) is 43.8 Å². The summed E-state index contributed by atoms with van der Waals surface area (Å²) in [6.07, 6.45) is 2.17. The summed E-state index contributed by atoms with van der Waals surface area (Å²) >= 11 is 2.01. The van der Waals surface area contributed by atoms with Gasteiger partial charge in [0.25, 0.3) is 0 Å². The number of thioether (sulfide) groups is 1. The minimum Gasteiger partial charge on any atom is -0.384 e. The predicted molar refractivity (Wildman–Crippen MR) is 75.7 cm³/mol. The van der Waals surface area contributed by atoms with Crippen LogP contribution in [0.3, 0.4) is 0 Å². The smallest absolute Gasteiger partial charge is 0.127 e. The van der Waals surface area contributed by atoms with Crippen LogP contribution in [-0.4, -0.2) is 21.1 Å². The Morgan fingerprint density at radius 2 is 2.18 bits per heavy atom.